The molecule has 0 saturated carbocycles. The maximum Gasteiger partial charge on any atom is -0.000719 e. The van der Waals surface area contributed by atoms with Crippen molar-refractivity contribution in [2.45, 2.75) is 6.92 Å². The minimum absolute atomic E-state index is 1.25. The summed E-state index contributed by atoms with van der Waals surface area (Å²) in [4.78, 5) is 0. The van der Waals surface area contributed by atoms with Gasteiger partial charge in [0.05, 0.1) is 0 Å². The molecule has 0 nitrogen and oxygen atoms in total. The topological polar surface area (TPSA) is 0 Å². The van der Waals surface area contributed by atoms with Gasteiger partial charge in [0.25, 0.3) is 0 Å². The number of benzene rings is 10. The van der Waals surface area contributed by atoms with Crippen molar-refractivity contribution in [2.75, 3.05) is 0 Å². The van der Waals surface area contributed by atoms with E-state index in [1.807, 2.05) is 0 Å². The van der Waals surface area contributed by atoms with E-state index in [1.165, 1.54) is 125 Å². The molecule has 0 atom stereocenters. The molecule has 0 amide bonds. The summed E-state index contributed by atoms with van der Waals surface area (Å²) in [6.07, 6.45) is 0. The maximum absolute atomic E-state index is 2.52. The molecule has 0 unspecified atom stereocenters. The molecule has 0 N–H and O–H groups in total. The van der Waals surface area contributed by atoms with Gasteiger partial charge < -0.3 is 0 Å². The third-order valence-electron chi connectivity index (χ3n) is 12.0. The Kier molecular flexibility index (Phi) is 5.80. The molecule has 0 aliphatic rings. The quantitative estimate of drug-likeness (QED) is 0.164. The molecule has 0 spiro atoms. The van der Waals surface area contributed by atoms with Crippen molar-refractivity contribution in [1.82, 2.24) is 0 Å². The Morgan fingerprint density at radius 2 is 0.811 bits per heavy atom. The smallest absolute Gasteiger partial charge is 0.000719 e. The molecule has 0 bridgehead atoms. The van der Waals surface area contributed by atoms with Crippen LogP contribution < -0.4 is 0 Å². The number of rotatable bonds is 3. The average Bonchev–Trinajstić information content (AvgIpc) is 3.72. The minimum Gasteiger partial charge on any atom is -0.0622 e. The molecule has 0 heteroatoms. The van der Waals surface area contributed by atoms with Crippen LogP contribution in [0.3, 0.4) is 0 Å². The van der Waals surface area contributed by atoms with Gasteiger partial charge in [0.15, 0.2) is 0 Å². The minimum atomic E-state index is 1.25. The summed E-state index contributed by atoms with van der Waals surface area (Å²) in [5.74, 6) is 0. The largest absolute Gasteiger partial charge is 0.0622 e. The second-order valence-electron chi connectivity index (χ2n) is 14.8. The number of fused-ring (bicyclic) bond motifs is 9. The summed E-state index contributed by atoms with van der Waals surface area (Å²) in [5, 5.41) is 21.1. The molecule has 53 heavy (non-hydrogen) atoms. The Morgan fingerprint density at radius 1 is 0.264 bits per heavy atom. The van der Waals surface area contributed by atoms with Crippen LogP contribution in [0.2, 0.25) is 0 Å². The van der Waals surface area contributed by atoms with Crippen LogP contribution in [-0.2, 0) is 0 Å². The molecule has 0 aromatic heterocycles. The third kappa shape index (κ3) is 3.85. The van der Waals surface area contributed by atoms with Gasteiger partial charge in [0.1, 0.15) is 0 Å². The van der Waals surface area contributed by atoms with Gasteiger partial charge in [-0.1, -0.05) is 175 Å². The van der Waals surface area contributed by atoms with E-state index in [-0.39, 0.29) is 0 Å². The van der Waals surface area contributed by atoms with Gasteiger partial charge in [0.2, 0.25) is 0 Å². The fraction of sp³-hybridized carbons (Fsp3) is 0.0189. The van der Waals surface area contributed by atoms with Crippen molar-refractivity contribution in [3.05, 3.63) is 181 Å². The molecule has 244 valence electrons. The van der Waals surface area contributed by atoms with Crippen molar-refractivity contribution in [3.63, 3.8) is 0 Å². The monoisotopic (exact) mass is 668 g/mol. The summed E-state index contributed by atoms with van der Waals surface area (Å²) in [5.41, 5.74) is 8.98. The Bertz CT molecular complexity index is 3430. The normalized spacial score (nSPS) is 12.2. The summed E-state index contributed by atoms with van der Waals surface area (Å²) >= 11 is 0. The molecule has 0 fully saturated rings. The number of hydrogen-bond donors (Lipinski definition) is 0. The van der Waals surface area contributed by atoms with E-state index in [4.69, 9.17) is 0 Å². The predicted octanol–water partition coefficient (Wildman–Crippen LogP) is 15.1. The number of aryl methyl sites for hydroxylation is 1. The first kappa shape index (κ1) is 28.9. The van der Waals surface area contributed by atoms with E-state index >= 15 is 0 Å². The van der Waals surface area contributed by atoms with E-state index in [1.54, 1.807) is 0 Å². The fourth-order valence-electron chi connectivity index (χ4n) is 9.87. The molecule has 0 saturated heterocycles. The van der Waals surface area contributed by atoms with Crippen LogP contribution in [0.15, 0.2) is 176 Å². The molecular weight excluding hydrogens is 637 g/mol. The zero-order valence-electron chi connectivity index (χ0n) is 29.2. The lowest BCUT2D eigenvalue weighted by Gasteiger charge is -2.19. The van der Waals surface area contributed by atoms with Crippen molar-refractivity contribution in [3.8, 4) is 33.4 Å². The molecule has 0 aliphatic carbocycles. The Balaban J connectivity index is 1.36. The van der Waals surface area contributed by atoms with Gasteiger partial charge in [-0.3, -0.25) is 0 Å². The standard InChI is InChI=1S/C53H32/c1-31-25-26-32-17-10-20-36(44(32)29-31)38-27-28-43-49-40(38)22-12-24-42(49)52-47(33-13-4-2-5-14-33)46-30-45-37-19-9-8-18-35(37)39-21-11-23-41(50(39)45)51(46)48(53(43)52)34-15-6-3-7-16-34/h2-30H,1H3. The van der Waals surface area contributed by atoms with Gasteiger partial charge in [-0.15, -0.1) is 0 Å². The van der Waals surface area contributed by atoms with Gasteiger partial charge in [-0.25, -0.2) is 0 Å². The Labute approximate surface area is 306 Å². The molecule has 0 heterocycles. The van der Waals surface area contributed by atoms with E-state index < -0.39 is 0 Å². The molecule has 0 radical (unpaired) electrons. The van der Waals surface area contributed by atoms with E-state index in [0.29, 0.717) is 0 Å². The summed E-state index contributed by atoms with van der Waals surface area (Å²) in [6.45, 7) is 2.19. The maximum atomic E-state index is 2.52. The van der Waals surface area contributed by atoms with Gasteiger partial charge in [-0.05, 0) is 133 Å². The number of hydrogen-bond acceptors (Lipinski definition) is 0. The summed E-state index contributed by atoms with van der Waals surface area (Å²) in [6, 6.07) is 66.0. The highest BCUT2D eigenvalue weighted by Gasteiger charge is 2.27. The van der Waals surface area contributed by atoms with Crippen molar-refractivity contribution < 1.29 is 0 Å². The second-order valence-corrected chi connectivity index (χ2v) is 14.8. The third-order valence-corrected chi connectivity index (χ3v) is 12.0. The van der Waals surface area contributed by atoms with Crippen LogP contribution in [0.25, 0.3) is 120 Å². The SMILES string of the molecule is Cc1ccc2cccc(-c3ccc4c5c(-c6ccccc6)c6c(cc7c8ccccc8c8cccc6c87)c(-c6ccccc6)c5c5cccc3c54)c2c1. The van der Waals surface area contributed by atoms with Crippen LogP contribution in [0.4, 0.5) is 0 Å². The lowest BCUT2D eigenvalue weighted by atomic mass is 9.84. The molecule has 12 aromatic carbocycles. The highest BCUT2D eigenvalue weighted by molar-refractivity contribution is 6.45. The van der Waals surface area contributed by atoms with Crippen LogP contribution in [0, 0.1) is 6.92 Å². The molecular formula is C53H32. The van der Waals surface area contributed by atoms with Crippen LogP contribution in [-0.4, -0.2) is 0 Å². The van der Waals surface area contributed by atoms with Crippen LogP contribution in [0.1, 0.15) is 5.56 Å². The van der Waals surface area contributed by atoms with Gasteiger partial charge in [-0.2, -0.15) is 0 Å². The molecule has 12 rings (SSSR count). The van der Waals surface area contributed by atoms with E-state index in [2.05, 4.69) is 183 Å². The predicted molar refractivity (Wildman–Crippen MR) is 230 cm³/mol. The van der Waals surface area contributed by atoms with Crippen LogP contribution in [0.5, 0.6) is 0 Å². The Hall–Kier alpha value is -6.76. The first-order valence-corrected chi connectivity index (χ1v) is 18.6. The molecule has 12 aromatic rings. The van der Waals surface area contributed by atoms with Crippen LogP contribution >= 0.6 is 0 Å². The van der Waals surface area contributed by atoms with Gasteiger partial charge in [0, 0.05) is 0 Å². The lowest BCUT2D eigenvalue weighted by Crippen LogP contribution is -1.91. The summed E-state index contributed by atoms with van der Waals surface area (Å²) < 4.78 is 0. The molecule has 0 aliphatic heterocycles. The Morgan fingerprint density at radius 3 is 1.58 bits per heavy atom. The van der Waals surface area contributed by atoms with Crippen molar-refractivity contribution >= 4 is 86.2 Å². The van der Waals surface area contributed by atoms with Crippen molar-refractivity contribution in [1.29, 1.82) is 0 Å². The van der Waals surface area contributed by atoms with E-state index in [0.717, 1.165) is 0 Å². The van der Waals surface area contributed by atoms with Crippen molar-refractivity contribution in [2.24, 2.45) is 0 Å². The zero-order chi connectivity index (χ0) is 34.8. The first-order valence-electron chi connectivity index (χ1n) is 18.6. The highest BCUT2D eigenvalue weighted by atomic mass is 14.3. The van der Waals surface area contributed by atoms with Gasteiger partial charge >= 0.3 is 0 Å². The second kappa shape index (κ2) is 10.6. The van der Waals surface area contributed by atoms with E-state index in [9.17, 15) is 0 Å². The average molecular weight is 669 g/mol. The lowest BCUT2D eigenvalue weighted by molar-refractivity contribution is 1.50. The first-order chi connectivity index (χ1) is 26.2. The zero-order valence-corrected chi connectivity index (χ0v) is 29.2. The highest BCUT2D eigenvalue weighted by Crippen LogP contribution is 2.55. The summed E-state index contributed by atoms with van der Waals surface area (Å²) in [7, 11) is 0. The fourth-order valence-corrected chi connectivity index (χ4v) is 9.87.